The third kappa shape index (κ3) is 12.4. The summed E-state index contributed by atoms with van der Waals surface area (Å²) in [6.45, 7) is 21.4. The van der Waals surface area contributed by atoms with Crippen LogP contribution in [-0.4, -0.2) is 0 Å². The summed E-state index contributed by atoms with van der Waals surface area (Å²) in [6.07, 6.45) is 35.7. The van der Waals surface area contributed by atoms with E-state index in [2.05, 4.69) is 237 Å². The maximum absolute atomic E-state index is 6.95. The van der Waals surface area contributed by atoms with Gasteiger partial charge in [-0.25, -0.2) is 0 Å². The van der Waals surface area contributed by atoms with Crippen LogP contribution in [0.5, 0.6) is 0 Å². The molecule has 14 rings (SSSR count). The van der Waals surface area contributed by atoms with Gasteiger partial charge < -0.3 is 13.7 Å². The second-order valence-electron chi connectivity index (χ2n) is 31.9. The normalized spacial score (nSPS) is 14.5. The summed E-state index contributed by atoms with van der Waals surface area (Å²) in [5.74, 6) is 0. The van der Waals surface area contributed by atoms with Gasteiger partial charge in [-0.15, -0.1) is 0 Å². The minimum Gasteiger partial charge on any atom is -0.456 e. The minimum absolute atomic E-state index is 0.0120. The first-order chi connectivity index (χ1) is 47.8. The highest BCUT2D eigenvalue weighted by Gasteiger charge is 2.49. The lowest BCUT2D eigenvalue weighted by Gasteiger charge is -2.35. The Balaban J connectivity index is 0.977. The Labute approximate surface area is 588 Å². The van der Waals surface area contributed by atoms with Gasteiger partial charge in [-0.2, -0.15) is 0 Å². The molecular formula is C95H111NO2. The molecule has 3 aliphatic rings. The fourth-order valence-corrected chi connectivity index (χ4v) is 18.7. The quantitative estimate of drug-likeness (QED) is 0.0394. The molecule has 0 fully saturated rings. The molecule has 3 heteroatoms. The third-order valence-electron chi connectivity index (χ3n) is 24.0. The molecule has 2 heterocycles. The molecule has 3 aliphatic carbocycles. The average Bonchev–Trinajstić information content (AvgIpc) is 1.52. The standard InChI is InChI=1S/C95H111NO2/c1-10-14-18-22-26-37-57-94(58-38-27-23-19-15-11-2)78-55-56-86-89(73-43-33-35-45-84(73)97-86)88(78)77-65-81-76(64-82(77)94)71-53-51-70(62-80(71)95(81,59-39-28-24-20-16-12-3)60-40-29-25-21-17-13-4)96(68-49-47-67(48-50-68)92(5,6)7)69-52-54-72-79(61-69)93(8,9)83-63-75(66-41-31-30-32-42-66)91-90(87(72)83)74-44-34-36-46-85(74)98-91/h30-36,41-56,61-65H,10-29,37-40,57-60H2,1-9H3. The summed E-state index contributed by atoms with van der Waals surface area (Å²) in [5, 5.41) is 4.98. The lowest BCUT2D eigenvalue weighted by Crippen LogP contribution is -2.27. The van der Waals surface area contributed by atoms with Crippen LogP contribution in [0.1, 0.15) is 281 Å². The van der Waals surface area contributed by atoms with Gasteiger partial charge in [0.2, 0.25) is 0 Å². The molecule has 2 aromatic heterocycles. The number of unbranched alkanes of at least 4 members (excludes halogenated alkanes) is 20. The van der Waals surface area contributed by atoms with E-state index in [-0.39, 0.29) is 21.7 Å². The van der Waals surface area contributed by atoms with E-state index in [0.717, 1.165) is 40.7 Å². The SMILES string of the molecule is CCCCCCCCC1(CCCCCCCC)c2cc(N(c3ccc(C(C)(C)C)cc3)c3ccc4c(c3)C(C)(C)c3cc(-c5ccccc5)c5oc6ccccc6c5c3-4)ccc2-c2cc3c(cc21)-c1c(ccc2oc4ccccc4c12)C3(CCCCCCCC)CCCCCCCC. The van der Waals surface area contributed by atoms with Crippen molar-refractivity contribution in [3.63, 3.8) is 0 Å². The number of para-hydroxylation sites is 2. The second kappa shape index (κ2) is 28.9. The monoisotopic (exact) mass is 1300 g/mol. The van der Waals surface area contributed by atoms with Gasteiger partial charge in [0.05, 0.1) is 0 Å². The van der Waals surface area contributed by atoms with Gasteiger partial charge in [-0.3, -0.25) is 0 Å². The molecule has 3 nitrogen and oxygen atoms in total. The van der Waals surface area contributed by atoms with Crippen molar-refractivity contribution in [1.29, 1.82) is 0 Å². The Kier molecular flexibility index (Phi) is 19.9. The van der Waals surface area contributed by atoms with Crippen LogP contribution < -0.4 is 4.90 Å². The van der Waals surface area contributed by atoms with Gasteiger partial charge >= 0.3 is 0 Å². The zero-order valence-electron chi connectivity index (χ0n) is 61.2. The van der Waals surface area contributed by atoms with Crippen LogP contribution in [0.4, 0.5) is 17.1 Å². The van der Waals surface area contributed by atoms with E-state index < -0.39 is 0 Å². The van der Waals surface area contributed by atoms with Crippen molar-refractivity contribution in [2.45, 2.75) is 264 Å². The zero-order chi connectivity index (χ0) is 67.6. The summed E-state index contributed by atoms with van der Waals surface area (Å²) in [4.78, 5) is 2.64. The highest BCUT2D eigenvalue weighted by atomic mass is 16.3. The third-order valence-corrected chi connectivity index (χ3v) is 24.0. The number of anilines is 3. The Morgan fingerprint density at radius 1 is 0.327 bits per heavy atom. The molecule has 0 atom stereocenters. The fourth-order valence-electron chi connectivity index (χ4n) is 18.7. The number of nitrogens with zero attached hydrogens (tertiary/aromatic N) is 1. The molecule has 9 aromatic carbocycles. The average molecular weight is 1300 g/mol. The van der Waals surface area contributed by atoms with Gasteiger partial charge in [0.1, 0.15) is 22.3 Å². The number of fused-ring (bicyclic) bond motifs is 17. The van der Waals surface area contributed by atoms with Crippen LogP contribution >= 0.6 is 0 Å². The van der Waals surface area contributed by atoms with Gasteiger partial charge in [-0.05, 0) is 182 Å². The van der Waals surface area contributed by atoms with Gasteiger partial charge in [0, 0.05) is 60.4 Å². The highest BCUT2D eigenvalue weighted by Crippen LogP contribution is 2.64. The molecule has 0 N–H and O–H groups in total. The summed E-state index contributed by atoms with van der Waals surface area (Å²) in [7, 11) is 0. The van der Waals surface area contributed by atoms with Crippen molar-refractivity contribution in [3.05, 3.63) is 209 Å². The summed E-state index contributed by atoms with van der Waals surface area (Å²) in [5.41, 5.74) is 28.2. The maximum atomic E-state index is 6.95. The molecular weight excluding hydrogens is 1190 g/mol. The van der Waals surface area contributed by atoms with E-state index >= 15 is 0 Å². The van der Waals surface area contributed by atoms with Gasteiger partial charge in [0.15, 0.2) is 0 Å². The largest absolute Gasteiger partial charge is 0.456 e. The smallest absolute Gasteiger partial charge is 0.143 e. The van der Waals surface area contributed by atoms with E-state index in [1.807, 2.05) is 0 Å². The van der Waals surface area contributed by atoms with E-state index in [1.54, 1.807) is 22.3 Å². The van der Waals surface area contributed by atoms with Crippen molar-refractivity contribution in [2.75, 3.05) is 4.90 Å². The van der Waals surface area contributed by atoms with Crippen LogP contribution in [0.3, 0.4) is 0 Å². The molecule has 0 unspecified atom stereocenters. The molecule has 98 heavy (non-hydrogen) atoms. The molecule has 0 saturated carbocycles. The molecule has 0 radical (unpaired) electrons. The number of hydrogen-bond donors (Lipinski definition) is 0. The van der Waals surface area contributed by atoms with Crippen molar-refractivity contribution in [1.82, 2.24) is 0 Å². The predicted molar refractivity (Wildman–Crippen MR) is 422 cm³/mol. The van der Waals surface area contributed by atoms with E-state index in [0.29, 0.717) is 0 Å². The summed E-state index contributed by atoms with van der Waals surface area (Å²) in [6, 6.07) is 66.6. The van der Waals surface area contributed by atoms with E-state index in [4.69, 9.17) is 8.83 Å². The Morgan fingerprint density at radius 3 is 1.34 bits per heavy atom. The van der Waals surface area contributed by atoms with E-state index in [1.165, 1.54) is 261 Å². The molecule has 0 saturated heterocycles. The molecule has 0 bridgehead atoms. The van der Waals surface area contributed by atoms with Crippen molar-refractivity contribution < 1.29 is 8.83 Å². The first-order valence-electron chi connectivity index (χ1n) is 39.2. The Hall–Kier alpha value is -7.62. The second-order valence-corrected chi connectivity index (χ2v) is 31.9. The first-order valence-corrected chi connectivity index (χ1v) is 39.2. The molecule has 0 amide bonds. The van der Waals surface area contributed by atoms with Crippen LogP contribution in [0.2, 0.25) is 0 Å². The van der Waals surface area contributed by atoms with Crippen molar-refractivity contribution >= 4 is 60.9 Å². The molecule has 0 aliphatic heterocycles. The van der Waals surface area contributed by atoms with E-state index in [9.17, 15) is 0 Å². The maximum Gasteiger partial charge on any atom is 0.143 e. The predicted octanol–water partition coefficient (Wildman–Crippen LogP) is 29.8. The zero-order valence-corrected chi connectivity index (χ0v) is 61.2. The van der Waals surface area contributed by atoms with Gasteiger partial charge in [-0.1, -0.05) is 313 Å². The molecule has 11 aromatic rings. The van der Waals surface area contributed by atoms with Crippen LogP contribution in [-0.2, 0) is 21.7 Å². The van der Waals surface area contributed by atoms with Crippen LogP contribution in [0.25, 0.3) is 88.4 Å². The summed E-state index contributed by atoms with van der Waals surface area (Å²) >= 11 is 0. The van der Waals surface area contributed by atoms with Gasteiger partial charge in [0.25, 0.3) is 0 Å². The molecule has 0 spiro atoms. The lowest BCUT2D eigenvalue weighted by atomic mass is 9.68. The fraction of sp³-hybridized carbons (Fsp3) is 0.432. The van der Waals surface area contributed by atoms with Crippen molar-refractivity contribution in [3.8, 4) is 44.5 Å². The Bertz CT molecular complexity index is 4560. The lowest BCUT2D eigenvalue weighted by molar-refractivity contribution is 0.394. The Morgan fingerprint density at radius 2 is 0.765 bits per heavy atom. The summed E-state index contributed by atoms with van der Waals surface area (Å²) < 4.78 is 13.9. The topological polar surface area (TPSA) is 29.5 Å². The molecule has 508 valence electrons. The number of benzene rings is 9. The number of furan rings is 2. The number of hydrogen-bond acceptors (Lipinski definition) is 3. The number of rotatable bonds is 32. The van der Waals surface area contributed by atoms with Crippen molar-refractivity contribution in [2.24, 2.45) is 0 Å². The minimum atomic E-state index is -0.311. The van der Waals surface area contributed by atoms with Crippen LogP contribution in [0, 0.1) is 0 Å². The first kappa shape index (κ1) is 67.6. The van der Waals surface area contributed by atoms with Crippen LogP contribution in [0.15, 0.2) is 179 Å². The highest BCUT2D eigenvalue weighted by molar-refractivity contribution is 6.19.